The number of imidazole rings is 1. The van der Waals surface area contributed by atoms with Crippen molar-refractivity contribution < 1.29 is 8.83 Å². The molecule has 5 heteroatoms. The molecule has 0 saturated carbocycles. The molecule has 0 amide bonds. The van der Waals surface area contributed by atoms with Crippen LogP contribution in [0.1, 0.15) is 0 Å². The minimum absolute atomic E-state index is 0.889. The quantitative estimate of drug-likeness (QED) is 0.192. The molecule has 0 aliphatic heterocycles. The zero-order valence-corrected chi connectivity index (χ0v) is 26.7. The van der Waals surface area contributed by atoms with Crippen molar-refractivity contribution >= 4 is 88.1 Å². The van der Waals surface area contributed by atoms with E-state index in [2.05, 4.69) is 125 Å². The van der Waals surface area contributed by atoms with E-state index in [9.17, 15) is 0 Å². The molecule has 0 radical (unpaired) electrons. The SMILES string of the molecule is c1ccc2c(c1)oc1cc3cc(N(c4ccc(-c5cn6ccccc6n5)cc4)c4ccc5cc6c(cc5c4)oc4ccccc46)ccc3cc12. The number of hydrogen-bond acceptors (Lipinski definition) is 4. The lowest BCUT2D eigenvalue weighted by atomic mass is 10.0. The van der Waals surface area contributed by atoms with Crippen LogP contribution in [0.5, 0.6) is 0 Å². The molecule has 234 valence electrons. The molecule has 4 heterocycles. The van der Waals surface area contributed by atoms with Crippen molar-refractivity contribution in [3.63, 3.8) is 0 Å². The van der Waals surface area contributed by atoms with Crippen molar-refractivity contribution in [2.75, 3.05) is 4.90 Å². The average molecular weight is 642 g/mol. The highest BCUT2D eigenvalue weighted by Crippen LogP contribution is 2.41. The number of benzene rings is 7. The van der Waals surface area contributed by atoms with Gasteiger partial charge in [0.2, 0.25) is 0 Å². The third-order valence-electron chi connectivity index (χ3n) is 9.94. The second-order valence-corrected chi connectivity index (χ2v) is 12.9. The molecule has 0 spiro atoms. The number of fused-ring (bicyclic) bond motifs is 9. The zero-order chi connectivity index (χ0) is 32.8. The Morgan fingerprint density at radius 2 is 1.00 bits per heavy atom. The highest BCUT2D eigenvalue weighted by atomic mass is 16.3. The van der Waals surface area contributed by atoms with E-state index in [0.717, 1.165) is 88.6 Å². The smallest absolute Gasteiger partial charge is 0.137 e. The van der Waals surface area contributed by atoms with Crippen molar-refractivity contribution in [2.24, 2.45) is 0 Å². The van der Waals surface area contributed by atoms with Crippen LogP contribution in [0.15, 0.2) is 173 Å². The molecule has 5 nitrogen and oxygen atoms in total. The van der Waals surface area contributed by atoms with Gasteiger partial charge >= 0.3 is 0 Å². The van der Waals surface area contributed by atoms with Crippen molar-refractivity contribution in [2.45, 2.75) is 0 Å². The minimum Gasteiger partial charge on any atom is -0.456 e. The van der Waals surface area contributed by atoms with E-state index in [4.69, 9.17) is 13.8 Å². The first-order valence-electron chi connectivity index (χ1n) is 16.8. The largest absolute Gasteiger partial charge is 0.456 e. The summed E-state index contributed by atoms with van der Waals surface area (Å²) in [4.78, 5) is 7.17. The van der Waals surface area contributed by atoms with E-state index >= 15 is 0 Å². The lowest BCUT2D eigenvalue weighted by Crippen LogP contribution is -2.09. The van der Waals surface area contributed by atoms with Crippen molar-refractivity contribution in [1.29, 1.82) is 0 Å². The van der Waals surface area contributed by atoms with Crippen LogP contribution in [0.3, 0.4) is 0 Å². The topological polar surface area (TPSA) is 46.8 Å². The van der Waals surface area contributed by atoms with Crippen LogP contribution in [0.25, 0.3) is 82.3 Å². The number of nitrogens with zero attached hydrogens (tertiary/aromatic N) is 3. The Hall–Kier alpha value is -6.85. The van der Waals surface area contributed by atoms with Gasteiger partial charge in [-0.05, 0) is 106 Å². The van der Waals surface area contributed by atoms with E-state index < -0.39 is 0 Å². The van der Waals surface area contributed by atoms with Gasteiger partial charge in [0.05, 0.1) is 5.69 Å². The Morgan fingerprint density at radius 3 is 1.60 bits per heavy atom. The molecule has 50 heavy (non-hydrogen) atoms. The van der Waals surface area contributed by atoms with Crippen molar-refractivity contribution in [1.82, 2.24) is 9.38 Å². The minimum atomic E-state index is 0.889. The number of aromatic nitrogens is 2. The molecule has 0 unspecified atom stereocenters. The summed E-state index contributed by atoms with van der Waals surface area (Å²) >= 11 is 0. The van der Waals surface area contributed by atoms with Crippen LogP contribution in [-0.2, 0) is 0 Å². The van der Waals surface area contributed by atoms with E-state index in [1.165, 1.54) is 10.8 Å². The maximum Gasteiger partial charge on any atom is 0.137 e. The number of furan rings is 2. The molecule has 0 fully saturated rings. The average Bonchev–Trinajstić information content (AvgIpc) is 3.86. The Bertz CT molecular complexity index is 2920. The maximum atomic E-state index is 6.28. The molecule has 4 aromatic heterocycles. The van der Waals surface area contributed by atoms with Crippen LogP contribution in [0.2, 0.25) is 0 Å². The molecule has 7 aromatic carbocycles. The van der Waals surface area contributed by atoms with E-state index in [1.807, 2.05) is 48.7 Å². The summed E-state index contributed by atoms with van der Waals surface area (Å²) in [6.07, 6.45) is 4.10. The molecule has 0 aliphatic carbocycles. The molecular formula is C45H27N3O2. The lowest BCUT2D eigenvalue weighted by Gasteiger charge is -2.26. The highest BCUT2D eigenvalue weighted by Gasteiger charge is 2.17. The fourth-order valence-corrected chi connectivity index (χ4v) is 7.49. The van der Waals surface area contributed by atoms with Crippen LogP contribution >= 0.6 is 0 Å². The van der Waals surface area contributed by atoms with E-state index in [0.29, 0.717) is 0 Å². The Labute approximate surface area is 285 Å². The number of para-hydroxylation sites is 2. The molecule has 11 rings (SSSR count). The summed E-state index contributed by atoms with van der Waals surface area (Å²) in [6, 6.07) is 53.3. The third kappa shape index (κ3) is 4.17. The fourth-order valence-electron chi connectivity index (χ4n) is 7.49. The Morgan fingerprint density at radius 1 is 0.440 bits per heavy atom. The highest BCUT2D eigenvalue weighted by molar-refractivity contribution is 6.12. The number of hydrogen-bond donors (Lipinski definition) is 0. The summed E-state index contributed by atoms with van der Waals surface area (Å²) in [5.41, 5.74) is 9.67. The van der Waals surface area contributed by atoms with Crippen LogP contribution < -0.4 is 4.90 Å². The molecule has 0 bridgehead atoms. The summed E-state index contributed by atoms with van der Waals surface area (Å²) in [5, 5.41) is 9.10. The van der Waals surface area contributed by atoms with E-state index in [1.54, 1.807) is 0 Å². The van der Waals surface area contributed by atoms with Gasteiger partial charge in [0.25, 0.3) is 0 Å². The predicted octanol–water partition coefficient (Wildman–Crippen LogP) is 12.6. The van der Waals surface area contributed by atoms with Gasteiger partial charge in [-0.1, -0.05) is 66.7 Å². The Balaban J connectivity index is 1.08. The fraction of sp³-hybridized carbons (Fsp3) is 0. The normalized spacial score (nSPS) is 12.0. The third-order valence-corrected chi connectivity index (χ3v) is 9.94. The summed E-state index contributed by atoms with van der Waals surface area (Å²) in [7, 11) is 0. The van der Waals surface area contributed by atoms with Gasteiger partial charge in [0.1, 0.15) is 28.0 Å². The van der Waals surface area contributed by atoms with Gasteiger partial charge in [-0.15, -0.1) is 0 Å². The van der Waals surface area contributed by atoms with Crippen LogP contribution in [-0.4, -0.2) is 9.38 Å². The monoisotopic (exact) mass is 641 g/mol. The number of rotatable bonds is 4. The first-order valence-corrected chi connectivity index (χ1v) is 16.8. The summed E-state index contributed by atoms with van der Waals surface area (Å²) < 4.78 is 14.6. The zero-order valence-electron chi connectivity index (χ0n) is 26.7. The van der Waals surface area contributed by atoms with Crippen LogP contribution in [0.4, 0.5) is 17.1 Å². The molecule has 0 N–H and O–H groups in total. The van der Waals surface area contributed by atoms with Gasteiger partial charge in [0, 0.05) is 56.6 Å². The summed E-state index contributed by atoms with van der Waals surface area (Å²) in [5.74, 6) is 0. The van der Waals surface area contributed by atoms with Crippen molar-refractivity contribution in [3.05, 3.63) is 164 Å². The van der Waals surface area contributed by atoms with Gasteiger partial charge in [-0.25, -0.2) is 4.98 Å². The summed E-state index contributed by atoms with van der Waals surface area (Å²) in [6.45, 7) is 0. The molecule has 0 aliphatic rings. The number of anilines is 3. The standard InChI is InChI=1S/C45H27N3O2/c1-3-9-41-36(7-1)38-23-29-14-18-34(21-31(29)25-43(38)49-41)48(33-16-12-28(13-17-33)40-27-47-20-6-5-11-45(47)46-40)35-19-15-30-24-39-37-8-2-4-10-42(37)50-44(39)26-32(30)22-35/h1-27H. The van der Waals surface area contributed by atoms with E-state index in [-0.39, 0.29) is 0 Å². The molecule has 0 saturated heterocycles. The second kappa shape index (κ2) is 10.3. The van der Waals surface area contributed by atoms with Gasteiger partial charge in [0.15, 0.2) is 0 Å². The van der Waals surface area contributed by atoms with Crippen LogP contribution in [0, 0.1) is 0 Å². The van der Waals surface area contributed by atoms with Gasteiger partial charge < -0.3 is 18.1 Å². The maximum absolute atomic E-state index is 6.28. The molecule has 0 atom stereocenters. The second-order valence-electron chi connectivity index (χ2n) is 12.9. The number of pyridine rings is 1. The molecular weight excluding hydrogens is 615 g/mol. The van der Waals surface area contributed by atoms with Crippen molar-refractivity contribution in [3.8, 4) is 11.3 Å². The first kappa shape index (κ1) is 27.1. The van der Waals surface area contributed by atoms with Gasteiger partial charge in [-0.2, -0.15) is 0 Å². The van der Waals surface area contributed by atoms with Gasteiger partial charge in [-0.3, -0.25) is 0 Å². The molecule has 11 aromatic rings. The lowest BCUT2D eigenvalue weighted by molar-refractivity contribution is 0.669. The first-order chi connectivity index (χ1) is 24.7. The Kier molecular flexibility index (Phi) is 5.60. The predicted molar refractivity (Wildman–Crippen MR) is 205 cm³/mol.